The molecule has 63 heavy (non-hydrogen) atoms. The van der Waals surface area contributed by atoms with Gasteiger partial charge < -0.3 is 34.5 Å². The van der Waals surface area contributed by atoms with Gasteiger partial charge in [-0.25, -0.2) is 18.2 Å². The highest BCUT2D eigenvalue weighted by atomic mass is 32.2. The van der Waals surface area contributed by atoms with E-state index in [0.717, 1.165) is 62.7 Å². The minimum atomic E-state index is -4.02. The fraction of sp³-hybridized carbons (Fsp3) is 0.674. The number of carbonyl (C=O) groups excluding carboxylic acids is 4. The van der Waals surface area contributed by atoms with Crippen LogP contribution in [0.5, 0.6) is 11.6 Å². The van der Waals surface area contributed by atoms with Crippen LogP contribution in [0.2, 0.25) is 0 Å². The number of morpholine rings is 1. The molecular formula is C46H64N6O10S. The summed E-state index contributed by atoms with van der Waals surface area (Å²) in [5.74, 6) is -1.32. The van der Waals surface area contributed by atoms with Crippen molar-refractivity contribution in [3.8, 4) is 11.6 Å². The van der Waals surface area contributed by atoms with Gasteiger partial charge in [0.2, 0.25) is 27.7 Å². The maximum Gasteiger partial charge on any atom is 0.408 e. The molecule has 0 spiro atoms. The van der Waals surface area contributed by atoms with Crippen LogP contribution in [0.15, 0.2) is 36.9 Å². The van der Waals surface area contributed by atoms with Crippen LogP contribution in [0.25, 0.3) is 10.9 Å². The molecule has 7 atom stereocenters. The smallest absolute Gasteiger partial charge is 0.408 e. The van der Waals surface area contributed by atoms with Crippen LogP contribution in [-0.4, -0.2) is 127 Å². The zero-order valence-corrected chi connectivity index (χ0v) is 38.2. The van der Waals surface area contributed by atoms with E-state index in [0.29, 0.717) is 56.2 Å². The molecule has 2 bridgehead atoms. The largest absolute Gasteiger partial charge is 0.491 e. The first-order chi connectivity index (χ1) is 29.9. The quantitative estimate of drug-likeness (QED) is 0.286. The monoisotopic (exact) mass is 892 g/mol. The number of pyridine rings is 1. The molecule has 4 amide bonds. The topological polar surface area (TPSA) is 195 Å². The summed E-state index contributed by atoms with van der Waals surface area (Å²) in [7, 11) is -4.02. The Balaban J connectivity index is 1.13. The lowest BCUT2D eigenvalue weighted by Gasteiger charge is -2.35. The van der Waals surface area contributed by atoms with E-state index in [1.807, 2.05) is 52.0 Å². The van der Waals surface area contributed by atoms with Gasteiger partial charge in [-0.15, -0.1) is 6.58 Å². The first kappa shape index (κ1) is 45.1. The molecule has 3 saturated carbocycles. The molecule has 3 N–H and O–H groups in total. The van der Waals surface area contributed by atoms with Gasteiger partial charge in [0.25, 0.3) is 5.91 Å². The van der Waals surface area contributed by atoms with Gasteiger partial charge in [-0.05, 0) is 76.3 Å². The number of hydrogen-bond donors (Lipinski definition) is 3. The third-order valence-corrected chi connectivity index (χ3v) is 16.4. The second-order valence-electron chi connectivity index (χ2n) is 20.1. The number of ether oxygens (including phenoxy) is 4. The maximum absolute atomic E-state index is 14.9. The average molecular weight is 893 g/mol. The second-order valence-corrected chi connectivity index (χ2v) is 22.3. The number of benzene rings is 1. The molecule has 16 nitrogen and oxygen atoms in total. The summed E-state index contributed by atoms with van der Waals surface area (Å²) in [5.41, 5.74) is -1.57. The Morgan fingerprint density at radius 1 is 1.08 bits per heavy atom. The van der Waals surface area contributed by atoms with Crippen LogP contribution < -0.4 is 24.8 Å². The van der Waals surface area contributed by atoms with E-state index < -0.39 is 79.2 Å². The minimum Gasteiger partial charge on any atom is -0.491 e. The number of aromatic nitrogens is 1. The minimum absolute atomic E-state index is 0.0205. The lowest BCUT2D eigenvalue weighted by atomic mass is 9.85. The fourth-order valence-corrected chi connectivity index (χ4v) is 10.8. The summed E-state index contributed by atoms with van der Waals surface area (Å²) in [6.07, 6.45) is 5.96. The molecule has 2 aromatic rings. The van der Waals surface area contributed by atoms with E-state index >= 15 is 0 Å². The predicted molar refractivity (Wildman–Crippen MR) is 234 cm³/mol. The lowest BCUT2D eigenvalue weighted by molar-refractivity contribution is -0.143. The molecule has 3 aliphatic carbocycles. The summed E-state index contributed by atoms with van der Waals surface area (Å²) >= 11 is 0. The molecule has 17 heteroatoms. The Labute approximate surface area is 370 Å². The van der Waals surface area contributed by atoms with Crippen molar-refractivity contribution in [2.45, 2.75) is 133 Å². The second kappa shape index (κ2) is 17.1. The summed E-state index contributed by atoms with van der Waals surface area (Å²) in [5, 5.41) is 6.59. The van der Waals surface area contributed by atoms with Gasteiger partial charge in [0.05, 0.1) is 35.6 Å². The van der Waals surface area contributed by atoms with Crippen LogP contribution in [-0.2, 0) is 40.3 Å². The van der Waals surface area contributed by atoms with Crippen LogP contribution in [0.1, 0.15) is 98.0 Å². The van der Waals surface area contributed by atoms with Gasteiger partial charge in [0, 0.05) is 43.3 Å². The van der Waals surface area contributed by atoms with E-state index in [1.54, 1.807) is 6.92 Å². The van der Waals surface area contributed by atoms with Crippen molar-refractivity contribution in [1.29, 1.82) is 0 Å². The van der Waals surface area contributed by atoms with E-state index in [1.165, 1.54) is 11.0 Å². The van der Waals surface area contributed by atoms with Gasteiger partial charge in [-0.3, -0.25) is 24.0 Å². The zero-order valence-electron chi connectivity index (χ0n) is 37.3. The highest BCUT2D eigenvalue weighted by molar-refractivity contribution is 7.91. The molecule has 1 aromatic heterocycles. The molecule has 344 valence electrons. The van der Waals surface area contributed by atoms with Crippen LogP contribution in [0, 0.1) is 17.3 Å². The number of sulfonamides is 1. The summed E-state index contributed by atoms with van der Waals surface area (Å²) < 4.78 is 52.7. The Morgan fingerprint density at radius 2 is 1.83 bits per heavy atom. The maximum atomic E-state index is 14.9. The highest BCUT2D eigenvalue weighted by Gasteiger charge is 2.63. The van der Waals surface area contributed by atoms with Crippen molar-refractivity contribution < 1.29 is 46.5 Å². The molecule has 4 heterocycles. The normalized spacial score (nSPS) is 31.1. The summed E-state index contributed by atoms with van der Waals surface area (Å²) in [6, 6.07) is 5.50. The molecule has 8 rings (SSSR count). The number of nitrogens with one attached hydrogen (secondary N) is 3. The van der Waals surface area contributed by atoms with Crippen molar-refractivity contribution in [3.63, 3.8) is 0 Å². The SMILES string of the molecule is C=C[C@@H]1C[C@]1(NC(=O)[C@@H]1C[C@@H]2CN1C(=O)[C@H](C(C)(C)C)NC(=O)O[C@]1(C)C[C@H]1CCCCCc1c(nc3ccccc3c1OCCN1CCOCC1)O2)C(=O)NS(=O)(=O)C1(C)CC1. The molecular weight excluding hydrogens is 829 g/mol. The number of nitrogens with zero attached hydrogens (tertiary/aromatic N) is 3. The van der Waals surface area contributed by atoms with E-state index in [4.69, 9.17) is 23.9 Å². The van der Waals surface area contributed by atoms with Crippen LogP contribution >= 0.6 is 0 Å². The summed E-state index contributed by atoms with van der Waals surface area (Å²) in [4.78, 5) is 65.8. The van der Waals surface area contributed by atoms with Crippen molar-refractivity contribution >= 4 is 44.7 Å². The Kier molecular flexibility index (Phi) is 12.3. The van der Waals surface area contributed by atoms with Gasteiger partial charge in [0.15, 0.2) is 0 Å². The molecule has 5 fully saturated rings. The zero-order chi connectivity index (χ0) is 45.0. The molecule has 0 unspecified atom stereocenters. The molecule has 2 saturated heterocycles. The number of amides is 4. The lowest BCUT2D eigenvalue weighted by Crippen LogP contribution is -2.60. The first-order valence-corrected chi connectivity index (χ1v) is 24.2. The summed E-state index contributed by atoms with van der Waals surface area (Å²) in [6.45, 7) is 17.0. The van der Waals surface area contributed by atoms with Crippen molar-refractivity contribution in [2.75, 3.05) is 46.0 Å². The standard InChI is InChI=1S/C46H64N6O10S/c1-7-29-27-46(29,41(55)50-63(57,58)44(5)17-18-44)49-38(53)35-25-31-28-52(35)40(54)37(43(2,3)4)48-42(56)62-45(6)26-30(45)13-9-8-10-15-33-36(60-24-21-51-19-22-59-23-20-51)32-14-11-12-16-34(32)47-39(33)61-31/h7,11-12,14,16,29-31,35,37H,1,8-10,13,15,17-28H2,2-6H3,(H,48,56)(H,49,53)(H,50,55)/t29-,30-,31-,35+,37-,45-,46-/m1/s1. The molecule has 1 aromatic carbocycles. The molecule has 3 aliphatic heterocycles. The third-order valence-electron chi connectivity index (χ3n) is 14.2. The number of alkyl carbamates (subject to hydrolysis) is 1. The van der Waals surface area contributed by atoms with Gasteiger partial charge in [0.1, 0.15) is 41.7 Å². The van der Waals surface area contributed by atoms with Crippen LogP contribution in [0.3, 0.4) is 0 Å². The first-order valence-electron chi connectivity index (χ1n) is 22.7. The van der Waals surface area contributed by atoms with E-state index in [-0.39, 0.29) is 25.3 Å². The Hall–Kier alpha value is -4.48. The number of para-hydroxylation sites is 1. The third kappa shape index (κ3) is 9.38. The van der Waals surface area contributed by atoms with Gasteiger partial charge >= 0.3 is 6.09 Å². The molecule has 0 radical (unpaired) electrons. The Bertz CT molecular complexity index is 2240. The van der Waals surface area contributed by atoms with Gasteiger partial charge in [-0.2, -0.15) is 0 Å². The number of carbonyl (C=O) groups is 4. The van der Waals surface area contributed by atoms with Crippen molar-refractivity contribution in [1.82, 2.24) is 30.1 Å². The van der Waals surface area contributed by atoms with Crippen LogP contribution in [0.4, 0.5) is 4.79 Å². The Morgan fingerprint density at radius 3 is 2.52 bits per heavy atom. The number of fused-ring (bicyclic) bond motifs is 5. The van der Waals surface area contributed by atoms with E-state index in [9.17, 15) is 27.6 Å². The van der Waals surface area contributed by atoms with Crippen molar-refractivity contribution in [3.05, 3.63) is 42.5 Å². The van der Waals surface area contributed by atoms with E-state index in [2.05, 4.69) is 26.8 Å². The van der Waals surface area contributed by atoms with Crippen molar-refractivity contribution in [2.24, 2.45) is 17.3 Å². The average Bonchev–Trinajstić information content (AvgIpc) is 4.19. The molecule has 6 aliphatic rings. The fourth-order valence-electron chi connectivity index (χ4n) is 9.44. The predicted octanol–water partition coefficient (Wildman–Crippen LogP) is 4.39. The van der Waals surface area contributed by atoms with Gasteiger partial charge in [-0.1, -0.05) is 51.8 Å². The number of rotatable bonds is 10. The number of hydrogen-bond acceptors (Lipinski definition) is 12. The highest BCUT2D eigenvalue weighted by Crippen LogP contribution is 2.50.